The number of hydrogen-bond acceptors (Lipinski definition) is 4. The molecule has 26 heavy (non-hydrogen) atoms. The summed E-state index contributed by atoms with van der Waals surface area (Å²) in [6, 6.07) is 10.3. The molecule has 140 valence electrons. The Labute approximate surface area is 153 Å². The second-order valence-electron chi connectivity index (χ2n) is 5.91. The van der Waals surface area contributed by atoms with Crippen molar-refractivity contribution in [1.29, 1.82) is 0 Å². The molecule has 0 atom stereocenters. The lowest BCUT2D eigenvalue weighted by molar-refractivity contribution is -0.130. The first-order chi connectivity index (χ1) is 12.5. The Morgan fingerprint density at radius 1 is 0.923 bits per heavy atom. The van der Waals surface area contributed by atoms with Gasteiger partial charge in [0, 0.05) is 20.0 Å². The summed E-state index contributed by atoms with van der Waals surface area (Å²) in [4.78, 5) is 13.9. The monoisotopic (exact) mass is 361 g/mol. The highest BCUT2D eigenvalue weighted by Crippen LogP contribution is 2.28. The minimum absolute atomic E-state index is 0.0176. The van der Waals surface area contributed by atoms with Gasteiger partial charge in [0.2, 0.25) is 5.91 Å². The van der Waals surface area contributed by atoms with E-state index in [1.807, 2.05) is 18.2 Å². The number of amides is 1. The molecule has 0 saturated carbocycles. The number of carbonyl (C=O) groups excluding carboxylic acids is 1. The number of nitrogens with zero attached hydrogens (tertiary/aromatic N) is 1. The van der Waals surface area contributed by atoms with Crippen LogP contribution in [0.2, 0.25) is 0 Å². The van der Waals surface area contributed by atoms with Crippen LogP contribution in [0.5, 0.6) is 17.2 Å². The summed E-state index contributed by atoms with van der Waals surface area (Å²) < 4.78 is 29.1. The molecule has 2 aromatic rings. The van der Waals surface area contributed by atoms with E-state index >= 15 is 0 Å². The molecule has 0 radical (unpaired) electrons. The molecule has 0 unspecified atom stereocenters. The van der Waals surface area contributed by atoms with Crippen LogP contribution in [0.25, 0.3) is 0 Å². The highest BCUT2D eigenvalue weighted by Gasteiger charge is 2.12. The summed E-state index contributed by atoms with van der Waals surface area (Å²) >= 11 is 0. The maximum absolute atomic E-state index is 13.8. The fourth-order valence-electron chi connectivity index (χ4n) is 2.65. The van der Waals surface area contributed by atoms with E-state index in [0.29, 0.717) is 36.4 Å². The lowest BCUT2D eigenvalue weighted by Crippen LogP contribution is -2.26. The Kier molecular flexibility index (Phi) is 6.83. The molecular weight excluding hydrogens is 337 g/mol. The van der Waals surface area contributed by atoms with Crippen LogP contribution in [-0.2, 0) is 17.8 Å². The molecular formula is C20H24FNO4. The average Bonchev–Trinajstić information content (AvgIpc) is 2.65. The Balaban J connectivity index is 1.94. The van der Waals surface area contributed by atoms with Crippen molar-refractivity contribution in [2.75, 3.05) is 28.4 Å². The fraction of sp³-hybridized carbons (Fsp3) is 0.350. The van der Waals surface area contributed by atoms with Crippen LogP contribution >= 0.6 is 0 Å². The standard InChI is InChI=1S/C20H24FNO4/c1-22(13-15-6-8-17(24-2)16(21)11-15)20(23)10-7-14-5-9-18(25-3)19(12-14)26-4/h5-6,8-9,11-12H,7,10,13H2,1-4H3. The Morgan fingerprint density at radius 2 is 1.54 bits per heavy atom. The molecule has 0 aliphatic heterocycles. The number of benzene rings is 2. The lowest BCUT2D eigenvalue weighted by Gasteiger charge is -2.18. The SMILES string of the molecule is COc1ccc(CN(C)C(=O)CCc2ccc(OC)c(OC)c2)cc1F. The molecule has 0 saturated heterocycles. The van der Waals surface area contributed by atoms with E-state index in [4.69, 9.17) is 14.2 Å². The van der Waals surface area contributed by atoms with E-state index in [0.717, 1.165) is 5.56 Å². The zero-order chi connectivity index (χ0) is 19.1. The van der Waals surface area contributed by atoms with Crippen LogP contribution in [-0.4, -0.2) is 39.2 Å². The smallest absolute Gasteiger partial charge is 0.222 e. The summed E-state index contributed by atoms with van der Waals surface area (Å²) in [6.45, 7) is 0.339. The van der Waals surface area contributed by atoms with E-state index in [-0.39, 0.29) is 11.7 Å². The van der Waals surface area contributed by atoms with E-state index in [9.17, 15) is 9.18 Å². The maximum Gasteiger partial charge on any atom is 0.222 e. The van der Waals surface area contributed by atoms with Crippen LogP contribution in [0.1, 0.15) is 17.5 Å². The highest BCUT2D eigenvalue weighted by molar-refractivity contribution is 5.76. The Bertz CT molecular complexity index is 763. The molecule has 0 fully saturated rings. The van der Waals surface area contributed by atoms with Gasteiger partial charge in [-0.3, -0.25) is 4.79 Å². The normalized spacial score (nSPS) is 10.3. The third kappa shape index (κ3) is 4.88. The molecule has 2 rings (SSSR count). The lowest BCUT2D eigenvalue weighted by atomic mass is 10.1. The number of carbonyl (C=O) groups is 1. The fourth-order valence-corrected chi connectivity index (χ4v) is 2.65. The molecule has 0 N–H and O–H groups in total. The first kappa shape index (κ1) is 19.6. The van der Waals surface area contributed by atoms with Gasteiger partial charge in [-0.15, -0.1) is 0 Å². The van der Waals surface area contributed by atoms with E-state index in [2.05, 4.69) is 0 Å². The van der Waals surface area contributed by atoms with Crippen molar-refractivity contribution in [3.8, 4) is 17.2 Å². The van der Waals surface area contributed by atoms with Crippen molar-refractivity contribution in [2.45, 2.75) is 19.4 Å². The quantitative estimate of drug-likeness (QED) is 0.723. The Morgan fingerprint density at radius 3 is 2.15 bits per heavy atom. The zero-order valence-electron chi connectivity index (χ0n) is 15.5. The molecule has 0 aromatic heterocycles. The van der Waals surface area contributed by atoms with Crippen LogP contribution < -0.4 is 14.2 Å². The van der Waals surface area contributed by atoms with Crippen LogP contribution in [0.4, 0.5) is 4.39 Å². The second kappa shape index (κ2) is 9.08. The van der Waals surface area contributed by atoms with Gasteiger partial charge in [0.15, 0.2) is 23.1 Å². The van der Waals surface area contributed by atoms with Gasteiger partial charge in [-0.05, 0) is 41.8 Å². The van der Waals surface area contributed by atoms with Gasteiger partial charge in [0.25, 0.3) is 0 Å². The molecule has 2 aromatic carbocycles. The predicted octanol–water partition coefficient (Wildman–Crippen LogP) is 3.44. The predicted molar refractivity (Wildman–Crippen MR) is 97.3 cm³/mol. The molecule has 0 aliphatic carbocycles. The summed E-state index contributed by atoms with van der Waals surface area (Å²) in [5.74, 6) is 1.03. The zero-order valence-corrected chi connectivity index (χ0v) is 15.5. The minimum Gasteiger partial charge on any atom is -0.494 e. The van der Waals surface area contributed by atoms with Gasteiger partial charge >= 0.3 is 0 Å². The van der Waals surface area contributed by atoms with Crippen LogP contribution in [0.15, 0.2) is 36.4 Å². The first-order valence-corrected chi connectivity index (χ1v) is 8.25. The van der Waals surface area contributed by atoms with Crippen LogP contribution in [0, 0.1) is 5.82 Å². The van der Waals surface area contributed by atoms with E-state index < -0.39 is 5.82 Å². The second-order valence-corrected chi connectivity index (χ2v) is 5.91. The number of rotatable bonds is 8. The number of hydrogen-bond donors (Lipinski definition) is 0. The largest absolute Gasteiger partial charge is 0.494 e. The van der Waals surface area contributed by atoms with Crippen molar-refractivity contribution in [3.63, 3.8) is 0 Å². The minimum atomic E-state index is -0.434. The number of ether oxygens (including phenoxy) is 3. The third-order valence-electron chi connectivity index (χ3n) is 4.14. The van der Waals surface area contributed by atoms with Crippen molar-refractivity contribution < 1.29 is 23.4 Å². The molecule has 0 bridgehead atoms. The number of aryl methyl sites for hydroxylation is 1. The summed E-state index contributed by atoms with van der Waals surface area (Å²) in [7, 11) is 6.29. The molecule has 0 heterocycles. The van der Waals surface area contributed by atoms with E-state index in [1.165, 1.54) is 13.2 Å². The van der Waals surface area contributed by atoms with Crippen molar-refractivity contribution in [2.24, 2.45) is 0 Å². The molecule has 0 aliphatic rings. The molecule has 6 heteroatoms. The number of halogens is 1. The topological polar surface area (TPSA) is 48.0 Å². The summed E-state index contributed by atoms with van der Waals surface area (Å²) in [5.41, 5.74) is 1.70. The maximum atomic E-state index is 13.8. The van der Waals surface area contributed by atoms with Crippen LogP contribution in [0.3, 0.4) is 0 Å². The molecule has 5 nitrogen and oxygen atoms in total. The van der Waals surface area contributed by atoms with Gasteiger partial charge in [-0.2, -0.15) is 0 Å². The van der Waals surface area contributed by atoms with Gasteiger partial charge < -0.3 is 19.1 Å². The summed E-state index contributed by atoms with van der Waals surface area (Å²) in [5, 5.41) is 0. The first-order valence-electron chi connectivity index (χ1n) is 8.25. The van der Waals surface area contributed by atoms with Crippen molar-refractivity contribution in [3.05, 3.63) is 53.3 Å². The number of methoxy groups -OCH3 is 3. The van der Waals surface area contributed by atoms with Gasteiger partial charge in [0.1, 0.15) is 0 Å². The van der Waals surface area contributed by atoms with Gasteiger partial charge in [0.05, 0.1) is 21.3 Å². The average molecular weight is 361 g/mol. The summed E-state index contributed by atoms with van der Waals surface area (Å²) in [6.07, 6.45) is 0.936. The van der Waals surface area contributed by atoms with Gasteiger partial charge in [-0.25, -0.2) is 4.39 Å². The molecule has 1 amide bonds. The van der Waals surface area contributed by atoms with E-state index in [1.54, 1.807) is 38.3 Å². The Hall–Kier alpha value is -2.76. The van der Waals surface area contributed by atoms with Crippen molar-refractivity contribution in [1.82, 2.24) is 4.90 Å². The highest BCUT2D eigenvalue weighted by atomic mass is 19.1. The van der Waals surface area contributed by atoms with Crippen molar-refractivity contribution >= 4 is 5.91 Å². The molecule has 0 spiro atoms. The van der Waals surface area contributed by atoms with Gasteiger partial charge in [-0.1, -0.05) is 12.1 Å². The third-order valence-corrected chi connectivity index (χ3v) is 4.14.